The lowest BCUT2D eigenvalue weighted by atomic mass is 10.1. The van der Waals surface area contributed by atoms with Crippen molar-refractivity contribution in [3.8, 4) is 0 Å². The van der Waals surface area contributed by atoms with Crippen LogP contribution in [0.15, 0.2) is 6.07 Å². The molecule has 1 amide bonds. The van der Waals surface area contributed by atoms with Crippen molar-refractivity contribution in [3.05, 3.63) is 23.0 Å². The zero-order valence-corrected chi connectivity index (χ0v) is 12.3. The normalized spacial score (nSPS) is 10.2. The van der Waals surface area contributed by atoms with Crippen LogP contribution >= 0.6 is 0 Å². The first-order valence-electron chi connectivity index (χ1n) is 6.39. The van der Waals surface area contributed by atoms with Crippen LogP contribution in [0.4, 0.5) is 0 Å². The summed E-state index contributed by atoms with van der Waals surface area (Å²) in [4.78, 5) is 34.0. The molecule has 0 bridgehead atoms. The second kappa shape index (κ2) is 6.88. The first-order valence-corrected chi connectivity index (χ1v) is 6.39. The Labute approximate surface area is 118 Å². The zero-order chi connectivity index (χ0) is 15.3. The summed E-state index contributed by atoms with van der Waals surface area (Å²) in [6.45, 7) is 5.06. The molecule has 20 heavy (non-hydrogen) atoms. The van der Waals surface area contributed by atoms with Crippen LogP contribution in [0.5, 0.6) is 0 Å². The molecule has 0 unspecified atom stereocenters. The number of amides is 1. The summed E-state index contributed by atoms with van der Waals surface area (Å²) in [6, 6.07) is 1.78. The fourth-order valence-corrected chi connectivity index (χ4v) is 1.77. The molecule has 0 aliphatic rings. The minimum Gasteiger partial charge on any atom is -0.457 e. The second-order valence-electron chi connectivity index (χ2n) is 4.66. The van der Waals surface area contributed by atoms with Crippen LogP contribution in [0.3, 0.4) is 0 Å². The van der Waals surface area contributed by atoms with E-state index in [0.29, 0.717) is 5.56 Å². The van der Waals surface area contributed by atoms with E-state index in [9.17, 15) is 14.4 Å². The SMILES string of the molecule is CC(=O)NCCC(=O)OCC(=O)c1cc(C)n(C)c1C. The Morgan fingerprint density at radius 3 is 2.45 bits per heavy atom. The first kappa shape index (κ1) is 15.9. The standard InChI is InChI=1S/C14H20N2O4/c1-9-7-12(10(2)16(9)4)13(18)8-20-14(19)5-6-15-11(3)17/h7H,5-6,8H2,1-4H3,(H,15,17). The molecule has 0 aromatic carbocycles. The molecule has 6 nitrogen and oxygen atoms in total. The summed E-state index contributed by atoms with van der Waals surface area (Å²) >= 11 is 0. The predicted molar refractivity (Wildman–Crippen MR) is 73.5 cm³/mol. The summed E-state index contributed by atoms with van der Waals surface area (Å²) in [5.74, 6) is -0.930. The average molecular weight is 280 g/mol. The molecule has 1 aromatic heterocycles. The van der Waals surface area contributed by atoms with Crippen molar-refractivity contribution in [3.63, 3.8) is 0 Å². The lowest BCUT2D eigenvalue weighted by molar-refractivity contribution is -0.142. The molecule has 1 heterocycles. The number of carbonyl (C=O) groups is 3. The van der Waals surface area contributed by atoms with E-state index in [1.54, 1.807) is 6.07 Å². The third-order valence-corrected chi connectivity index (χ3v) is 3.14. The third kappa shape index (κ3) is 4.22. The number of nitrogens with one attached hydrogen (secondary N) is 1. The van der Waals surface area contributed by atoms with Crippen molar-refractivity contribution < 1.29 is 19.1 Å². The molecule has 0 fully saturated rings. The molecule has 0 spiro atoms. The number of aryl methyl sites for hydroxylation is 1. The van der Waals surface area contributed by atoms with E-state index >= 15 is 0 Å². The number of carbonyl (C=O) groups excluding carboxylic acids is 3. The van der Waals surface area contributed by atoms with Gasteiger partial charge in [0.1, 0.15) is 0 Å². The molecule has 0 saturated heterocycles. The number of nitrogens with zero attached hydrogens (tertiary/aromatic N) is 1. The zero-order valence-electron chi connectivity index (χ0n) is 12.3. The number of ether oxygens (including phenoxy) is 1. The Balaban J connectivity index is 2.45. The van der Waals surface area contributed by atoms with E-state index < -0.39 is 5.97 Å². The van der Waals surface area contributed by atoms with Gasteiger partial charge in [0.25, 0.3) is 0 Å². The van der Waals surface area contributed by atoms with E-state index in [1.807, 2.05) is 25.5 Å². The van der Waals surface area contributed by atoms with Crippen LogP contribution in [0.2, 0.25) is 0 Å². The molecule has 0 radical (unpaired) electrons. The smallest absolute Gasteiger partial charge is 0.308 e. The highest BCUT2D eigenvalue weighted by Gasteiger charge is 2.15. The van der Waals surface area contributed by atoms with Gasteiger partial charge in [-0.15, -0.1) is 0 Å². The van der Waals surface area contributed by atoms with Gasteiger partial charge in [0.2, 0.25) is 11.7 Å². The summed E-state index contributed by atoms with van der Waals surface area (Å²) in [5.41, 5.74) is 2.39. The minimum atomic E-state index is -0.502. The van der Waals surface area contributed by atoms with Crippen LogP contribution in [-0.2, 0) is 21.4 Å². The van der Waals surface area contributed by atoms with E-state index in [1.165, 1.54) is 6.92 Å². The molecule has 6 heteroatoms. The quantitative estimate of drug-likeness (QED) is 0.620. The number of Topliss-reactive ketones (excluding diaryl/α,β-unsaturated/α-hetero) is 1. The van der Waals surface area contributed by atoms with Crippen LogP contribution < -0.4 is 5.32 Å². The predicted octanol–water partition coefficient (Wildman–Crippen LogP) is 0.894. The Kier molecular flexibility index (Phi) is 5.49. The first-order chi connectivity index (χ1) is 9.32. The van der Waals surface area contributed by atoms with Gasteiger partial charge < -0.3 is 14.6 Å². The summed E-state index contributed by atoms with van der Waals surface area (Å²) in [6.07, 6.45) is 0.0552. The highest BCUT2D eigenvalue weighted by Crippen LogP contribution is 2.13. The number of hydrogen-bond acceptors (Lipinski definition) is 4. The lowest BCUT2D eigenvalue weighted by Crippen LogP contribution is -2.24. The number of esters is 1. The fraction of sp³-hybridized carbons (Fsp3) is 0.500. The van der Waals surface area contributed by atoms with Crippen molar-refractivity contribution in [1.82, 2.24) is 9.88 Å². The molecule has 0 atom stereocenters. The van der Waals surface area contributed by atoms with Crippen molar-refractivity contribution in [2.24, 2.45) is 7.05 Å². The minimum absolute atomic E-state index is 0.0552. The van der Waals surface area contributed by atoms with Crippen molar-refractivity contribution in [2.45, 2.75) is 27.2 Å². The molecular formula is C14H20N2O4. The molecule has 1 aromatic rings. The van der Waals surface area contributed by atoms with Gasteiger partial charge in [-0.3, -0.25) is 14.4 Å². The lowest BCUT2D eigenvalue weighted by Gasteiger charge is -2.05. The Morgan fingerprint density at radius 1 is 1.30 bits per heavy atom. The number of ketones is 1. The fourth-order valence-electron chi connectivity index (χ4n) is 1.77. The van der Waals surface area contributed by atoms with Crippen molar-refractivity contribution >= 4 is 17.7 Å². The van der Waals surface area contributed by atoms with Crippen molar-refractivity contribution in [1.29, 1.82) is 0 Å². The number of hydrogen-bond donors (Lipinski definition) is 1. The van der Waals surface area contributed by atoms with Gasteiger partial charge in [-0.25, -0.2) is 0 Å². The maximum Gasteiger partial charge on any atom is 0.308 e. The number of rotatable bonds is 6. The monoisotopic (exact) mass is 280 g/mol. The van der Waals surface area contributed by atoms with Crippen LogP contribution in [0.25, 0.3) is 0 Å². The highest BCUT2D eigenvalue weighted by molar-refractivity contribution is 5.99. The summed E-state index contributed by atoms with van der Waals surface area (Å²) in [5, 5.41) is 2.49. The van der Waals surface area contributed by atoms with Crippen LogP contribution in [0, 0.1) is 13.8 Å². The average Bonchev–Trinajstić information content (AvgIpc) is 2.63. The van der Waals surface area contributed by atoms with Gasteiger partial charge in [0, 0.05) is 37.5 Å². The Hall–Kier alpha value is -2.11. The van der Waals surface area contributed by atoms with Gasteiger partial charge in [-0.05, 0) is 19.9 Å². The third-order valence-electron chi connectivity index (χ3n) is 3.14. The maximum absolute atomic E-state index is 12.0. The summed E-state index contributed by atoms with van der Waals surface area (Å²) in [7, 11) is 1.88. The molecule has 1 N–H and O–H groups in total. The largest absolute Gasteiger partial charge is 0.457 e. The molecule has 110 valence electrons. The molecular weight excluding hydrogens is 260 g/mol. The molecule has 0 aliphatic heterocycles. The van der Waals surface area contributed by atoms with E-state index in [2.05, 4.69) is 5.32 Å². The summed E-state index contributed by atoms with van der Waals surface area (Å²) < 4.78 is 6.80. The second-order valence-corrected chi connectivity index (χ2v) is 4.66. The van der Waals surface area contributed by atoms with Crippen molar-refractivity contribution in [2.75, 3.05) is 13.2 Å². The Morgan fingerprint density at radius 2 is 1.95 bits per heavy atom. The molecule has 1 rings (SSSR count). The highest BCUT2D eigenvalue weighted by atomic mass is 16.5. The van der Waals surface area contributed by atoms with E-state index in [4.69, 9.17) is 4.74 Å². The van der Waals surface area contributed by atoms with Gasteiger partial charge in [0.05, 0.1) is 6.42 Å². The number of aromatic nitrogens is 1. The van der Waals surface area contributed by atoms with Crippen LogP contribution in [-0.4, -0.2) is 35.4 Å². The maximum atomic E-state index is 12.0. The van der Waals surface area contributed by atoms with E-state index in [-0.39, 0.29) is 31.3 Å². The Bertz CT molecular complexity index is 532. The topological polar surface area (TPSA) is 77.4 Å². The van der Waals surface area contributed by atoms with Gasteiger partial charge in [-0.1, -0.05) is 0 Å². The molecule has 0 saturated carbocycles. The molecule has 0 aliphatic carbocycles. The van der Waals surface area contributed by atoms with Gasteiger partial charge >= 0.3 is 5.97 Å². The van der Waals surface area contributed by atoms with Gasteiger partial charge in [-0.2, -0.15) is 0 Å². The van der Waals surface area contributed by atoms with Crippen LogP contribution in [0.1, 0.15) is 35.1 Å². The van der Waals surface area contributed by atoms with E-state index in [0.717, 1.165) is 11.4 Å². The van der Waals surface area contributed by atoms with Gasteiger partial charge in [0.15, 0.2) is 6.61 Å².